The van der Waals surface area contributed by atoms with Crippen molar-refractivity contribution in [2.75, 3.05) is 31.2 Å². The van der Waals surface area contributed by atoms with Crippen LogP contribution in [0.5, 0.6) is 0 Å². The van der Waals surface area contributed by atoms with Crippen LogP contribution in [-0.4, -0.2) is 42.3 Å². The largest absolute Gasteiger partial charge is 0.381 e. The summed E-state index contributed by atoms with van der Waals surface area (Å²) in [6, 6.07) is 2.41. The normalized spacial score (nSPS) is 27.7. The quantitative estimate of drug-likeness (QED) is 0.889. The van der Waals surface area contributed by atoms with Crippen LogP contribution in [0, 0.1) is 0 Å². The molecule has 0 aliphatic carbocycles. The molecule has 0 bridgehead atoms. The predicted octanol–water partition coefficient (Wildman–Crippen LogP) is 1.30. The molecule has 2 fully saturated rings. The number of hydrogen-bond donors (Lipinski definition) is 1. The van der Waals surface area contributed by atoms with Crippen molar-refractivity contribution < 1.29 is 4.74 Å². The molecule has 2 N–H and O–H groups in total. The average Bonchev–Trinajstić information content (AvgIpc) is 3.01. The monoisotopic (exact) mass is 262 g/mol. The Kier molecular flexibility index (Phi) is 3.94. The van der Waals surface area contributed by atoms with E-state index >= 15 is 0 Å². The zero-order valence-corrected chi connectivity index (χ0v) is 11.3. The number of anilines is 1. The van der Waals surface area contributed by atoms with E-state index in [1.54, 1.807) is 0 Å². The van der Waals surface area contributed by atoms with Gasteiger partial charge in [0.15, 0.2) is 0 Å². The van der Waals surface area contributed by atoms with Crippen molar-refractivity contribution in [3.05, 3.63) is 18.0 Å². The Balaban J connectivity index is 1.81. The van der Waals surface area contributed by atoms with E-state index in [2.05, 4.69) is 9.88 Å². The third-order valence-corrected chi connectivity index (χ3v) is 4.17. The first kappa shape index (κ1) is 12.8. The smallest absolute Gasteiger partial charge is 0.225 e. The molecule has 2 atom stereocenters. The molecule has 0 amide bonds. The second kappa shape index (κ2) is 5.84. The highest BCUT2D eigenvalue weighted by molar-refractivity contribution is 5.34. The Bertz CT molecular complexity index is 420. The van der Waals surface area contributed by atoms with E-state index in [9.17, 15) is 0 Å². The van der Waals surface area contributed by atoms with Crippen molar-refractivity contribution >= 4 is 5.95 Å². The molecular weight excluding hydrogens is 240 g/mol. The zero-order valence-electron chi connectivity index (χ0n) is 11.3. The first-order valence-electron chi connectivity index (χ1n) is 7.26. The Morgan fingerprint density at radius 3 is 3.11 bits per heavy atom. The van der Waals surface area contributed by atoms with Crippen molar-refractivity contribution in [2.24, 2.45) is 5.73 Å². The van der Waals surface area contributed by atoms with Gasteiger partial charge in [-0.15, -0.1) is 0 Å². The van der Waals surface area contributed by atoms with Gasteiger partial charge in [-0.05, 0) is 31.7 Å². The van der Waals surface area contributed by atoms with Gasteiger partial charge in [-0.25, -0.2) is 9.97 Å². The minimum absolute atomic E-state index is 0.392. The van der Waals surface area contributed by atoms with Crippen molar-refractivity contribution in [1.82, 2.24) is 9.97 Å². The summed E-state index contributed by atoms with van der Waals surface area (Å²) in [6.45, 7) is 3.34. The van der Waals surface area contributed by atoms with E-state index in [4.69, 9.17) is 15.5 Å². The highest BCUT2D eigenvalue weighted by atomic mass is 16.5. The second-order valence-electron chi connectivity index (χ2n) is 5.42. The minimum Gasteiger partial charge on any atom is -0.381 e. The van der Waals surface area contributed by atoms with Crippen molar-refractivity contribution in [3.8, 4) is 0 Å². The maximum Gasteiger partial charge on any atom is 0.225 e. The van der Waals surface area contributed by atoms with Crippen molar-refractivity contribution in [3.63, 3.8) is 0 Å². The highest BCUT2D eigenvalue weighted by Gasteiger charge is 2.25. The highest BCUT2D eigenvalue weighted by Crippen LogP contribution is 2.26. The average molecular weight is 262 g/mol. The Morgan fingerprint density at radius 1 is 1.37 bits per heavy atom. The summed E-state index contributed by atoms with van der Waals surface area (Å²) in [5, 5.41) is 0. The molecule has 0 radical (unpaired) electrons. The van der Waals surface area contributed by atoms with E-state index in [0.717, 1.165) is 44.2 Å². The molecule has 3 heterocycles. The second-order valence-corrected chi connectivity index (χ2v) is 5.42. The van der Waals surface area contributed by atoms with Gasteiger partial charge in [0.2, 0.25) is 5.95 Å². The first-order chi connectivity index (χ1) is 9.38. The van der Waals surface area contributed by atoms with Crippen LogP contribution in [0.4, 0.5) is 5.95 Å². The molecule has 5 heteroatoms. The van der Waals surface area contributed by atoms with Crippen LogP contribution >= 0.6 is 0 Å². The van der Waals surface area contributed by atoms with Crippen LogP contribution in [0.15, 0.2) is 12.3 Å². The number of piperidine rings is 1. The maximum absolute atomic E-state index is 5.87. The lowest BCUT2D eigenvalue weighted by atomic mass is 10.0. The molecular formula is C14H22N4O. The lowest BCUT2D eigenvalue weighted by molar-refractivity contribution is 0.193. The van der Waals surface area contributed by atoms with Gasteiger partial charge in [0.05, 0.1) is 12.3 Å². The summed E-state index contributed by atoms with van der Waals surface area (Å²) in [7, 11) is 0. The molecule has 5 nitrogen and oxygen atoms in total. The van der Waals surface area contributed by atoms with Gasteiger partial charge >= 0.3 is 0 Å². The molecule has 19 heavy (non-hydrogen) atoms. The van der Waals surface area contributed by atoms with Crippen LogP contribution in [0.3, 0.4) is 0 Å². The summed E-state index contributed by atoms with van der Waals surface area (Å²) in [5.41, 5.74) is 6.99. The molecule has 2 aliphatic heterocycles. The van der Waals surface area contributed by atoms with E-state index in [0.29, 0.717) is 18.5 Å². The SMILES string of the molecule is NCC1CCCCN1c1nccc(C2CCOC2)n1. The molecule has 3 rings (SSSR count). The van der Waals surface area contributed by atoms with Gasteiger partial charge in [0.25, 0.3) is 0 Å². The van der Waals surface area contributed by atoms with Crippen molar-refractivity contribution in [2.45, 2.75) is 37.6 Å². The number of nitrogens with two attached hydrogens (primary N) is 1. The Labute approximate surface area is 114 Å². The van der Waals surface area contributed by atoms with Crippen molar-refractivity contribution in [1.29, 1.82) is 0 Å². The molecule has 0 saturated carbocycles. The van der Waals surface area contributed by atoms with Crippen LogP contribution < -0.4 is 10.6 Å². The van der Waals surface area contributed by atoms with Crippen LogP contribution in [-0.2, 0) is 4.74 Å². The Morgan fingerprint density at radius 2 is 2.32 bits per heavy atom. The van der Waals surface area contributed by atoms with Crippen LogP contribution in [0.1, 0.15) is 37.3 Å². The summed E-state index contributed by atoms with van der Waals surface area (Å²) in [5.74, 6) is 1.28. The topological polar surface area (TPSA) is 64.3 Å². The fourth-order valence-electron chi connectivity index (χ4n) is 3.00. The van der Waals surface area contributed by atoms with E-state index < -0.39 is 0 Å². The molecule has 104 valence electrons. The standard InChI is InChI=1S/C14H22N4O/c15-9-12-3-1-2-7-18(12)14-16-6-4-13(17-14)11-5-8-19-10-11/h4,6,11-12H,1-3,5,7-10,15H2. The molecule has 1 aromatic heterocycles. The lowest BCUT2D eigenvalue weighted by Gasteiger charge is -2.35. The fourth-order valence-corrected chi connectivity index (χ4v) is 3.00. The molecule has 0 aromatic carbocycles. The van der Waals surface area contributed by atoms with Crippen LogP contribution in [0.2, 0.25) is 0 Å². The van der Waals surface area contributed by atoms with Gasteiger partial charge in [-0.1, -0.05) is 0 Å². The van der Waals surface area contributed by atoms with E-state index in [1.165, 1.54) is 12.8 Å². The maximum atomic E-state index is 5.87. The minimum atomic E-state index is 0.392. The number of rotatable bonds is 3. The number of ether oxygens (including phenoxy) is 1. The lowest BCUT2D eigenvalue weighted by Crippen LogP contribution is -2.45. The van der Waals surface area contributed by atoms with Gasteiger partial charge < -0.3 is 15.4 Å². The van der Waals surface area contributed by atoms with E-state index in [-0.39, 0.29) is 0 Å². The van der Waals surface area contributed by atoms with Gasteiger partial charge in [-0.3, -0.25) is 0 Å². The van der Waals surface area contributed by atoms with Gasteiger partial charge in [-0.2, -0.15) is 0 Å². The van der Waals surface area contributed by atoms with Crippen LogP contribution in [0.25, 0.3) is 0 Å². The molecule has 1 aromatic rings. The summed E-state index contributed by atoms with van der Waals surface area (Å²) < 4.78 is 5.45. The number of nitrogens with zero attached hydrogens (tertiary/aromatic N) is 3. The summed E-state index contributed by atoms with van der Waals surface area (Å²) >= 11 is 0. The molecule has 2 aliphatic rings. The number of hydrogen-bond acceptors (Lipinski definition) is 5. The summed E-state index contributed by atoms with van der Waals surface area (Å²) in [6.07, 6.45) is 6.55. The first-order valence-corrected chi connectivity index (χ1v) is 7.26. The molecule has 2 unspecified atom stereocenters. The van der Waals surface area contributed by atoms with Gasteiger partial charge in [0, 0.05) is 37.9 Å². The predicted molar refractivity (Wildman–Crippen MR) is 74.2 cm³/mol. The third kappa shape index (κ3) is 2.72. The zero-order chi connectivity index (χ0) is 13.1. The third-order valence-electron chi connectivity index (χ3n) is 4.17. The molecule has 0 spiro atoms. The van der Waals surface area contributed by atoms with E-state index in [1.807, 2.05) is 12.3 Å². The fraction of sp³-hybridized carbons (Fsp3) is 0.714. The number of aromatic nitrogens is 2. The summed E-state index contributed by atoms with van der Waals surface area (Å²) in [4.78, 5) is 11.5. The van der Waals surface area contributed by atoms with Gasteiger partial charge in [0.1, 0.15) is 0 Å². The Hall–Kier alpha value is -1.20. The molecule has 2 saturated heterocycles.